The molecule has 0 unspecified atom stereocenters. The minimum atomic E-state index is -4.24. The van der Waals surface area contributed by atoms with Gasteiger partial charge in [0.05, 0.1) is 0 Å². The molecule has 1 rings (SSSR count). The van der Waals surface area contributed by atoms with Gasteiger partial charge < -0.3 is 5.73 Å². The molecule has 0 saturated heterocycles. The second kappa shape index (κ2) is 5.23. The summed E-state index contributed by atoms with van der Waals surface area (Å²) in [5, 5.41) is 0. The average molecular weight is 233 g/mol. The summed E-state index contributed by atoms with van der Waals surface area (Å²) < 4.78 is 36.2. The van der Waals surface area contributed by atoms with E-state index in [0.29, 0.717) is 6.54 Å². The lowest BCUT2D eigenvalue weighted by molar-refractivity contribution is -0.0328. The molecule has 0 atom stereocenters. The third-order valence-electron chi connectivity index (χ3n) is 1.54. The highest BCUT2D eigenvalue weighted by Gasteiger charge is 2.28. The molecule has 82 valence electrons. The summed E-state index contributed by atoms with van der Waals surface area (Å²) in [7, 11) is 0. The van der Waals surface area contributed by atoms with E-state index in [-0.39, 0.29) is 16.7 Å². The molecule has 1 nitrogen and oxygen atoms in total. The van der Waals surface area contributed by atoms with Gasteiger partial charge in [-0.3, -0.25) is 0 Å². The van der Waals surface area contributed by atoms with Crippen LogP contribution in [0.2, 0.25) is 0 Å². The Kier molecular flexibility index (Phi) is 4.23. The summed E-state index contributed by atoms with van der Waals surface area (Å²) in [6.07, 6.45) is 3.39. The van der Waals surface area contributed by atoms with Gasteiger partial charge in [-0.15, -0.1) is 0 Å². The number of hydrogen-bond acceptors (Lipinski definition) is 2. The van der Waals surface area contributed by atoms with Gasteiger partial charge in [-0.05, 0) is 29.5 Å². The molecule has 1 aromatic rings. The number of hydrogen-bond donors (Lipinski definition) is 1. The molecule has 0 aliphatic rings. The zero-order valence-electron chi connectivity index (χ0n) is 7.79. The van der Waals surface area contributed by atoms with Gasteiger partial charge in [-0.1, -0.05) is 24.3 Å². The van der Waals surface area contributed by atoms with Gasteiger partial charge in [0.1, 0.15) is 0 Å². The maximum atomic E-state index is 12.1. The molecule has 1 aromatic carbocycles. The van der Waals surface area contributed by atoms with Gasteiger partial charge in [-0.2, -0.15) is 13.2 Å². The van der Waals surface area contributed by atoms with Gasteiger partial charge in [-0.25, -0.2) is 0 Å². The minimum Gasteiger partial charge on any atom is -0.327 e. The summed E-state index contributed by atoms with van der Waals surface area (Å²) >= 11 is -0.117. The van der Waals surface area contributed by atoms with Gasteiger partial charge >= 0.3 is 5.51 Å². The predicted octanol–water partition coefficient (Wildman–Crippen LogP) is 3.27. The molecule has 5 heteroatoms. The Hall–Kier alpha value is -0.940. The summed E-state index contributed by atoms with van der Waals surface area (Å²) in [6.45, 7) is 0.372. The van der Waals surface area contributed by atoms with Gasteiger partial charge in [0, 0.05) is 11.4 Å². The van der Waals surface area contributed by atoms with E-state index in [9.17, 15) is 13.2 Å². The Morgan fingerprint density at radius 1 is 1.33 bits per heavy atom. The third-order valence-corrected chi connectivity index (χ3v) is 2.26. The monoisotopic (exact) mass is 233 g/mol. The largest absolute Gasteiger partial charge is 0.446 e. The summed E-state index contributed by atoms with van der Waals surface area (Å²) in [6, 6.07) is 6.22. The highest BCUT2D eigenvalue weighted by molar-refractivity contribution is 8.00. The zero-order valence-corrected chi connectivity index (χ0v) is 8.61. The van der Waals surface area contributed by atoms with E-state index in [2.05, 4.69) is 0 Å². The molecule has 0 saturated carbocycles. The van der Waals surface area contributed by atoms with Crippen LogP contribution < -0.4 is 5.73 Å². The van der Waals surface area contributed by atoms with Crippen molar-refractivity contribution >= 4 is 17.8 Å². The fraction of sp³-hybridized carbons (Fsp3) is 0.200. The molecule has 0 amide bonds. The van der Waals surface area contributed by atoms with Crippen LogP contribution in [0, 0.1) is 0 Å². The van der Waals surface area contributed by atoms with E-state index in [0.717, 1.165) is 5.56 Å². The van der Waals surface area contributed by atoms with E-state index in [1.54, 1.807) is 24.3 Å². The normalized spacial score (nSPS) is 12.3. The highest BCUT2D eigenvalue weighted by Crippen LogP contribution is 2.36. The molecular formula is C10H10F3NS. The molecule has 0 heterocycles. The number of nitrogens with two attached hydrogens (primary N) is 1. The van der Waals surface area contributed by atoms with Crippen LogP contribution in [0.1, 0.15) is 5.56 Å². The molecule has 0 radical (unpaired) electrons. The molecule has 2 N–H and O–H groups in total. The highest BCUT2D eigenvalue weighted by atomic mass is 32.2. The first-order valence-corrected chi connectivity index (χ1v) is 5.05. The van der Waals surface area contributed by atoms with Crippen LogP contribution >= 0.6 is 11.8 Å². The first-order valence-electron chi connectivity index (χ1n) is 4.24. The Balaban J connectivity index is 2.79. The lowest BCUT2D eigenvalue weighted by Crippen LogP contribution is -1.98. The first-order chi connectivity index (χ1) is 7.01. The van der Waals surface area contributed by atoms with Crippen molar-refractivity contribution in [3.63, 3.8) is 0 Å². The Morgan fingerprint density at radius 2 is 2.07 bits per heavy atom. The Labute approximate surface area is 90.2 Å². The fourth-order valence-electron chi connectivity index (χ4n) is 1.02. The number of halogens is 3. The number of rotatable bonds is 3. The summed E-state index contributed by atoms with van der Waals surface area (Å²) in [5.41, 5.74) is 1.72. The Bertz CT molecular complexity index is 347. The predicted molar refractivity (Wildman–Crippen MR) is 56.4 cm³/mol. The van der Waals surface area contributed by atoms with Gasteiger partial charge in [0.15, 0.2) is 0 Å². The van der Waals surface area contributed by atoms with Crippen molar-refractivity contribution in [1.82, 2.24) is 0 Å². The SMILES string of the molecule is NCC=Cc1cccc(SC(F)(F)F)c1. The third kappa shape index (κ3) is 4.90. The molecule has 0 spiro atoms. The molecular weight excluding hydrogens is 223 g/mol. The second-order valence-electron chi connectivity index (χ2n) is 2.76. The van der Waals surface area contributed by atoms with Crippen LogP contribution in [-0.4, -0.2) is 12.1 Å². The number of thioether (sulfide) groups is 1. The molecule has 0 fully saturated rings. The van der Waals surface area contributed by atoms with E-state index in [1.807, 2.05) is 0 Å². The van der Waals surface area contributed by atoms with E-state index in [1.165, 1.54) is 12.1 Å². The van der Waals surface area contributed by atoms with Crippen molar-refractivity contribution in [3.8, 4) is 0 Å². The van der Waals surface area contributed by atoms with Crippen molar-refractivity contribution < 1.29 is 13.2 Å². The average Bonchev–Trinajstić information content (AvgIpc) is 2.12. The Morgan fingerprint density at radius 3 is 2.67 bits per heavy atom. The summed E-state index contributed by atoms with van der Waals surface area (Å²) in [5.74, 6) is 0. The van der Waals surface area contributed by atoms with E-state index < -0.39 is 5.51 Å². The van der Waals surface area contributed by atoms with Crippen molar-refractivity contribution in [2.45, 2.75) is 10.4 Å². The first kappa shape index (κ1) is 12.1. The smallest absolute Gasteiger partial charge is 0.327 e. The zero-order chi connectivity index (χ0) is 11.3. The fourth-order valence-corrected chi connectivity index (χ4v) is 1.63. The molecule has 15 heavy (non-hydrogen) atoms. The lowest BCUT2D eigenvalue weighted by atomic mass is 10.2. The molecule has 0 aliphatic carbocycles. The topological polar surface area (TPSA) is 26.0 Å². The van der Waals surface area contributed by atoms with Crippen LogP contribution in [0.5, 0.6) is 0 Å². The van der Waals surface area contributed by atoms with Gasteiger partial charge in [0.2, 0.25) is 0 Å². The number of alkyl halides is 3. The standard InChI is InChI=1S/C10H10F3NS/c11-10(12,13)15-9-5-1-3-8(7-9)4-2-6-14/h1-5,7H,6,14H2. The maximum absolute atomic E-state index is 12.1. The van der Waals surface area contributed by atoms with Crippen molar-refractivity contribution in [3.05, 3.63) is 35.9 Å². The number of benzene rings is 1. The second-order valence-corrected chi connectivity index (χ2v) is 3.90. The van der Waals surface area contributed by atoms with Crippen molar-refractivity contribution in [2.24, 2.45) is 5.73 Å². The molecule has 0 aromatic heterocycles. The van der Waals surface area contributed by atoms with E-state index in [4.69, 9.17) is 5.73 Å². The minimum absolute atomic E-state index is 0.117. The lowest BCUT2D eigenvalue weighted by Gasteiger charge is -2.05. The quantitative estimate of drug-likeness (QED) is 0.811. The molecule has 0 aliphatic heterocycles. The molecule has 0 bridgehead atoms. The van der Waals surface area contributed by atoms with Crippen LogP contribution in [0.3, 0.4) is 0 Å². The van der Waals surface area contributed by atoms with E-state index >= 15 is 0 Å². The van der Waals surface area contributed by atoms with Crippen molar-refractivity contribution in [2.75, 3.05) is 6.54 Å². The van der Waals surface area contributed by atoms with Crippen LogP contribution in [0.4, 0.5) is 13.2 Å². The maximum Gasteiger partial charge on any atom is 0.446 e. The van der Waals surface area contributed by atoms with Gasteiger partial charge in [0.25, 0.3) is 0 Å². The van der Waals surface area contributed by atoms with Crippen LogP contribution in [0.15, 0.2) is 35.2 Å². The van der Waals surface area contributed by atoms with Crippen LogP contribution in [-0.2, 0) is 0 Å². The van der Waals surface area contributed by atoms with Crippen LogP contribution in [0.25, 0.3) is 6.08 Å². The summed E-state index contributed by atoms with van der Waals surface area (Å²) in [4.78, 5) is 0.182. The van der Waals surface area contributed by atoms with Crippen molar-refractivity contribution in [1.29, 1.82) is 0 Å².